The van der Waals surface area contributed by atoms with E-state index in [1.54, 1.807) is 0 Å². The summed E-state index contributed by atoms with van der Waals surface area (Å²) >= 11 is 0. The van der Waals surface area contributed by atoms with Gasteiger partial charge in [-0.3, -0.25) is 0 Å². The first kappa shape index (κ1) is 13.4. The van der Waals surface area contributed by atoms with Crippen molar-refractivity contribution in [3.63, 3.8) is 0 Å². The lowest BCUT2D eigenvalue weighted by atomic mass is 9.45. The van der Waals surface area contributed by atoms with Crippen LogP contribution in [0.3, 0.4) is 0 Å². The van der Waals surface area contributed by atoms with Crippen LogP contribution in [-0.4, -0.2) is 38.8 Å². The molecule has 0 saturated heterocycles. The van der Waals surface area contributed by atoms with E-state index >= 15 is 0 Å². The van der Waals surface area contributed by atoms with Gasteiger partial charge in [-0.15, -0.1) is 0 Å². The standard InChI is InChI=1S/C15H29NO/c1-15(2)13-6-5-12(14(15)11-13)7-9-17-10-8-16(3)4/h12-14H,5-11H2,1-4H3. The summed E-state index contributed by atoms with van der Waals surface area (Å²) < 4.78 is 5.74. The first-order valence-electron chi connectivity index (χ1n) is 7.24. The zero-order valence-corrected chi connectivity index (χ0v) is 12.0. The average molecular weight is 239 g/mol. The number of fused-ring (bicyclic) bond motifs is 2. The van der Waals surface area contributed by atoms with E-state index in [1.165, 1.54) is 25.7 Å². The molecule has 17 heavy (non-hydrogen) atoms. The molecule has 3 fully saturated rings. The third-order valence-corrected chi connectivity index (χ3v) is 5.32. The minimum absolute atomic E-state index is 0.632. The van der Waals surface area contributed by atoms with Gasteiger partial charge in [0.1, 0.15) is 0 Å². The van der Waals surface area contributed by atoms with Gasteiger partial charge in [-0.05, 0) is 62.9 Å². The van der Waals surface area contributed by atoms with Crippen molar-refractivity contribution >= 4 is 0 Å². The van der Waals surface area contributed by atoms with E-state index in [2.05, 4.69) is 32.8 Å². The van der Waals surface area contributed by atoms with Crippen LogP contribution in [0.5, 0.6) is 0 Å². The van der Waals surface area contributed by atoms with E-state index in [1.807, 2.05) is 0 Å². The van der Waals surface area contributed by atoms with Crippen LogP contribution in [-0.2, 0) is 4.74 Å². The summed E-state index contributed by atoms with van der Waals surface area (Å²) in [5.41, 5.74) is 0.632. The molecule has 2 nitrogen and oxygen atoms in total. The Hall–Kier alpha value is -0.0800. The molecule has 3 saturated carbocycles. The SMILES string of the molecule is CN(C)CCOCCC1CCC2CC1C2(C)C. The first-order valence-corrected chi connectivity index (χ1v) is 7.24. The molecule has 0 aromatic rings. The van der Waals surface area contributed by atoms with E-state index in [4.69, 9.17) is 4.74 Å². The zero-order valence-electron chi connectivity index (χ0n) is 12.0. The zero-order chi connectivity index (χ0) is 12.5. The van der Waals surface area contributed by atoms with Crippen molar-refractivity contribution < 1.29 is 4.74 Å². The van der Waals surface area contributed by atoms with E-state index in [0.29, 0.717) is 5.41 Å². The number of ether oxygens (including phenoxy) is 1. The quantitative estimate of drug-likeness (QED) is 0.661. The van der Waals surface area contributed by atoms with Crippen LogP contribution in [0, 0.1) is 23.2 Å². The smallest absolute Gasteiger partial charge is 0.0593 e. The molecule has 3 atom stereocenters. The van der Waals surface area contributed by atoms with Crippen molar-refractivity contribution in [3.05, 3.63) is 0 Å². The highest BCUT2D eigenvalue weighted by atomic mass is 16.5. The maximum absolute atomic E-state index is 5.74. The number of rotatable bonds is 6. The van der Waals surface area contributed by atoms with Crippen LogP contribution in [0.4, 0.5) is 0 Å². The fourth-order valence-corrected chi connectivity index (χ4v) is 3.89. The molecule has 2 bridgehead atoms. The lowest BCUT2D eigenvalue weighted by Gasteiger charge is -2.60. The number of hydrogen-bond acceptors (Lipinski definition) is 2. The Kier molecular flexibility index (Phi) is 4.14. The number of hydrogen-bond donors (Lipinski definition) is 0. The van der Waals surface area contributed by atoms with E-state index in [9.17, 15) is 0 Å². The van der Waals surface area contributed by atoms with Crippen molar-refractivity contribution in [3.8, 4) is 0 Å². The van der Waals surface area contributed by atoms with Crippen molar-refractivity contribution in [2.75, 3.05) is 33.9 Å². The lowest BCUT2D eigenvalue weighted by Crippen LogP contribution is -2.52. The predicted octanol–water partition coefficient (Wildman–Crippen LogP) is 3.03. The highest BCUT2D eigenvalue weighted by Crippen LogP contribution is 2.61. The molecular formula is C15H29NO. The van der Waals surface area contributed by atoms with Crippen LogP contribution in [0.2, 0.25) is 0 Å². The van der Waals surface area contributed by atoms with Gasteiger partial charge in [-0.25, -0.2) is 0 Å². The maximum Gasteiger partial charge on any atom is 0.0593 e. The predicted molar refractivity (Wildman–Crippen MR) is 72.1 cm³/mol. The van der Waals surface area contributed by atoms with Gasteiger partial charge >= 0.3 is 0 Å². The molecular weight excluding hydrogens is 210 g/mol. The summed E-state index contributed by atoms with van der Waals surface area (Å²) in [6.07, 6.45) is 5.70. The fourth-order valence-electron chi connectivity index (χ4n) is 3.89. The van der Waals surface area contributed by atoms with E-state index < -0.39 is 0 Å². The van der Waals surface area contributed by atoms with E-state index in [-0.39, 0.29) is 0 Å². The topological polar surface area (TPSA) is 12.5 Å². The van der Waals surface area contributed by atoms with Crippen LogP contribution < -0.4 is 0 Å². The first-order chi connectivity index (χ1) is 8.01. The molecule has 0 N–H and O–H groups in total. The van der Waals surface area contributed by atoms with Crippen LogP contribution in [0.25, 0.3) is 0 Å². The third kappa shape index (κ3) is 2.85. The molecule has 3 aliphatic carbocycles. The second kappa shape index (κ2) is 5.27. The van der Waals surface area contributed by atoms with Gasteiger partial charge in [0.15, 0.2) is 0 Å². The third-order valence-electron chi connectivity index (χ3n) is 5.32. The summed E-state index contributed by atoms with van der Waals surface area (Å²) in [6, 6.07) is 0. The molecule has 0 heterocycles. The lowest BCUT2D eigenvalue weighted by molar-refractivity contribution is -0.111. The summed E-state index contributed by atoms with van der Waals surface area (Å²) in [5, 5.41) is 0. The Morgan fingerprint density at radius 1 is 1.18 bits per heavy atom. The molecule has 0 aromatic carbocycles. The summed E-state index contributed by atoms with van der Waals surface area (Å²) in [6.45, 7) is 7.85. The second-order valence-electron chi connectivity index (χ2n) is 6.90. The molecule has 3 rings (SSSR count). The van der Waals surface area contributed by atoms with Crippen LogP contribution in [0.1, 0.15) is 39.5 Å². The largest absolute Gasteiger partial charge is 0.380 e. The molecule has 0 spiro atoms. The summed E-state index contributed by atoms with van der Waals surface area (Å²) in [5.74, 6) is 2.95. The summed E-state index contributed by atoms with van der Waals surface area (Å²) in [4.78, 5) is 2.18. The van der Waals surface area contributed by atoms with Gasteiger partial charge in [-0.2, -0.15) is 0 Å². The molecule has 0 amide bonds. The van der Waals surface area contributed by atoms with Gasteiger partial charge in [-0.1, -0.05) is 13.8 Å². The summed E-state index contributed by atoms with van der Waals surface area (Å²) in [7, 11) is 4.20. The van der Waals surface area contributed by atoms with Gasteiger partial charge in [0.05, 0.1) is 6.61 Å². The number of nitrogens with zero attached hydrogens (tertiary/aromatic N) is 1. The van der Waals surface area contributed by atoms with Gasteiger partial charge < -0.3 is 9.64 Å². The highest BCUT2D eigenvalue weighted by Gasteiger charge is 2.53. The minimum Gasteiger partial charge on any atom is -0.380 e. The van der Waals surface area contributed by atoms with Gasteiger partial charge in [0.25, 0.3) is 0 Å². The maximum atomic E-state index is 5.74. The molecule has 0 aliphatic heterocycles. The Morgan fingerprint density at radius 2 is 1.94 bits per heavy atom. The molecule has 3 unspecified atom stereocenters. The van der Waals surface area contributed by atoms with Gasteiger partial charge in [0, 0.05) is 13.2 Å². The van der Waals surface area contributed by atoms with Gasteiger partial charge in [0.2, 0.25) is 0 Å². The Labute approximate surface area is 107 Å². The van der Waals surface area contributed by atoms with Crippen LogP contribution in [0.15, 0.2) is 0 Å². The van der Waals surface area contributed by atoms with Crippen molar-refractivity contribution in [1.29, 1.82) is 0 Å². The molecule has 100 valence electrons. The second-order valence-corrected chi connectivity index (χ2v) is 6.90. The normalized spacial score (nSPS) is 34.8. The molecule has 2 heteroatoms. The van der Waals surface area contributed by atoms with Crippen LogP contribution >= 0.6 is 0 Å². The van der Waals surface area contributed by atoms with Crippen molar-refractivity contribution in [2.24, 2.45) is 23.2 Å². The van der Waals surface area contributed by atoms with Crippen molar-refractivity contribution in [1.82, 2.24) is 4.90 Å². The molecule has 0 aromatic heterocycles. The average Bonchev–Trinajstić information content (AvgIpc) is 2.28. The Morgan fingerprint density at radius 3 is 2.53 bits per heavy atom. The highest BCUT2D eigenvalue weighted by molar-refractivity contribution is 5.03. The Balaban J connectivity index is 1.63. The van der Waals surface area contributed by atoms with E-state index in [0.717, 1.165) is 37.5 Å². The Bertz CT molecular complexity index is 247. The monoisotopic (exact) mass is 239 g/mol. The minimum atomic E-state index is 0.632. The molecule has 3 aliphatic rings. The molecule has 0 radical (unpaired) electrons. The van der Waals surface area contributed by atoms with Crippen molar-refractivity contribution in [2.45, 2.75) is 39.5 Å². The fraction of sp³-hybridized carbons (Fsp3) is 1.00. The number of likely N-dealkylation sites (N-methyl/N-ethyl adjacent to an activating group) is 1.